The molecular formula is C12H20N2O2. The van der Waals surface area contributed by atoms with Crippen LogP contribution in [0.3, 0.4) is 0 Å². The lowest BCUT2D eigenvalue weighted by Gasteiger charge is -2.34. The van der Waals surface area contributed by atoms with Gasteiger partial charge in [0, 0.05) is 6.54 Å². The van der Waals surface area contributed by atoms with E-state index in [9.17, 15) is 4.79 Å². The van der Waals surface area contributed by atoms with E-state index in [1.807, 2.05) is 13.8 Å². The molecule has 1 heterocycles. The molecule has 90 valence electrons. The summed E-state index contributed by atoms with van der Waals surface area (Å²) < 4.78 is 5.05. The molecule has 4 nitrogen and oxygen atoms in total. The van der Waals surface area contributed by atoms with Gasteiger partial charge in [-0.05, 0) is 32.7 Å². The number of likely N-dealkylation sites (tertiary alicyclic amines) is 1. The van der Waals surface area contributed by atoms with Crippen LogP contribution < -0.4 is 0 Å². The molecule has 2 atom stereocenters. The zero-order valence-corrected chi connectivity index (χ0v) is 10.1. The van der Waals surface area contributed by atoms with Crippen LogP contribution in [0.25, 0.3) is 0 Å². The van der Waals surface area contributed by atoms with Gasteiger partial charge in [-0.1, -0.05) is 6.92 Å². The number of hydrogen-bond donors (Lipinski definition) is 0. The topological polar surface area (TPSA) is 53.3 Å². The highest BCUT2D eigenvalue weighted by molar-refractivity contribution is 5.75. The van der Waals surface area contributed by atoms with Crippen LogP contribution in [-0.2, 0) is 9.53 Å². The van der Waals surface area contributed by atoms with Crippen molar-refractivity contribution in [1.29, 1.82) is 5.26 Å². The molecule has 0 saturated carbocycles. The molecule has 2 unspecified atom stereocenters. The van der Waals surface area contributed by atoms with Crippen molar-refractivity contribution in [1.82, 2.24) is 4.90 Å². The SMILES string of the molecule is CCOC(=O)C(CC)N1CCCC(C#N)C1. The molecule has 0 amide bonds. The minimum Gasteiger partial charge on any atom is -0.465 e. The first kappa shape index (κ1) is 13.0. The minimum atomic E-state index is -0.170. The number of rotatable bonds is 4. The van der Waals surface area contributed by atoms with Crippen LogP contribution in [0.1, 0.15) is 33.1 Å². The summed E-state index contributed by atoms with van der Waals surface area (Å²) in [6.45, 7) is 5.82. The van der Waals surface area contributed by atoms with Crippen molar-refractivity contribution in [3.8, 4) is 6.07 Å². The molecule has 0 aliphatic carbocycles. The lowest BCUT2D eigenvalue weighted by molar-refractivity contribution is -0.150. The quantitative estimate of drug-likeness (QED) is 0.680. The van der Waals surface area contributed by atoms with Crippen molar-refractivity contribution in [2.45, 2.75) is 39.2 Å². The number of hydrogen-bond acceptors (Lipinski definition) is 4. The molecule has 1 aliphatic heterocycles. The summed E-state index contributed by atoms with van der Waals surface area (Å²) in [5.41, 5.74) is 0. The number of piperidine rings is 1. The molecule has 1 saturated heterocycles. The molecule has 0 spiro atoms. The predicted octanol–water partition coefficient (Wildman–Crippen LogP) is 1.56. The molecule has 1 aliphatic rings. The van der Waals surface area contributed by atoms with Crippen LogP contribution in [0.5, 0.6) is 0 Å². The summed E-state index contributed by atoms with van der Waals surface area (Å²) in [6.07, 6.45) is 2.69. The molecule has 0 aromatic rings. The van der Waals surface area contributed by atoms with Crippen LogP contribution in [-0.4, -0.2) is 36.6 Å². The molecule has 0 aromatic carbocycles. The van der Waals surface area contributed by atoms with E-state index >= 15 is 0 Å². The fourth-order valence-electron chi connectivity index (χ4n) is 2.21. The lowest BCUT2D eigenvalue weighted by atomic mass is 9.97. The molecule has 0 bridgehead atoms. The molecule has 1 fully saturated rings. The zero-order valence-electron chi connectivity index (χ0n) is 10.1. The Morgan fingerprint density at radius 1 is 1.62 bits per heavy atom. The molecule has 0 aromatic heterocycles. The minimum absolute atomic E-state index is 0.0669. The van der Waals surface area contributed by atoms with Gasteiger partial charge in [-0.2, -0.15) is 5.26 Å². The van der Waals surface area contributed by atoms with Crippen LogP contribution in [0.15, 0.2) is 0 Å². The molecule has 1 rings (SSSR count). The van der Waals surface area contributed by atoms with Gasteiger partial charge in [-0.3, -0.25) is 9.69 Å². The third-order valence-corrected chi connectivity index (χ3v) is 3.02. The summed E-state index contributed by atoms with van der Waals surface area (Å²) >= 11 is 0. The first-order valence-electron chi connectivity index (χ1n) is 6.03. The average Bonchev–Trinajstić information content (AvgIpc) is 2.31. The van der Waals surface area contributed by atoms with Gasteiger partial charge in [0.2, 0.25) is 0 Å². The van der Waals surface area contributed by atoms with Crippen LogP contribution in [0.4, 0.5) is 0 Å². The van der Waals surface area contributed by atoms with Gasteiger partial charge in [0.25, 0.3) is 0 Å². The van der Waals surface area contributed by atoms with E-state index in [0.29, 0.717) is 13.2 Å². The van der Waals surface area contributed by atoms with Crippen molar-refractivity contribution in [3.63, 3.8) is 0 Å². The monoisotopic (exact) mass is 224 g/mol. The van der Waals surface area contributed by atoms with Gasteiger partial charge in [0.15, 0.2) is 0 Å². The van der Waals surface area contributed by atoms with Crippen molar-refractivity contribution in [3.05, 3.63) is 0 Å². The number of carbonyl (C=O) groups excluding carboxylic acids is 1. The van der Waals surface area contributed by atoms with Gasteiger partial charge in [-0.15, -0.1) is 0 Å². The number of carbonyl (C=O) groups is 1. The predicted molar refractivity (Wildman–Crippen MR) is 60.6 cm³/mol. The highest BCUT2D eigenvalue weighted by atomic mass is 16.5. The van der Waals surface area contributed by atoms with Crippen molar-refractivity contribution in [2.24, 2.45) is 5.92 Å². The highest BCUT2D eigenvalue weighted by Gasteiger charge is 2.29. The second-order valence-electron chi connectivity index (χ2n) is 4.14. The second kappa shape index (κ2) is 6.49. The van der Waals surface area contributed by atoms with E-state index in [1.54, 1.807) is 0 Å². The van der Waals surface area contributed by atoms with E-state index in [4.69, 9.17) is 10.00 Å². The average molecular weight is 224 g/mol. The standard InChI is InChI=1S/C12H20N2O2/c1-3-11(12(15)16-4-2)14-7-5-6-10(8-13)9-14/h10-11H,3-7,9H2,1-2H3. The fourth-order valence-corrected chi connectivity index (χ4v) is 2.21. The third-order valence-electron chi connectivity index (χ3n) is 3.02. The number of ether oxygens (including phenoxy) is 1. The summed E-state index contributed by atoms with van der Waals surface area (Å²) in [7, 11) is 0. The van der Waals surface area contributed by atoms with Crippen molar-refractivity contribution < 1.29 is 9.53 Å². The molecule has 0 radical (unpaired) electrons. The summed E-state index contributed by atoms with van der Waals surface area (Å²) in [6, 6.07) is 2.12. The smallest absolute Gasteiger partial charge is 0.323 e. The maximum absolute atomic E-state index is 11.7. The maximum Gasteiger partial charge on any atom is 0.323 e. The first-order chi connectivity index (χ1) is 7.72. The molecule has 4 heteroatoms. The van der Waals surface area contributed by atoms with Gasteiger partial charge >= 0.3 is 5.97 Å². The summed E-state index contributed by atoms with van der Waals surface area (Å²) in [5.74, 6) is -0.0826. The Morgan fingerprint density at radius 2 is 2.38 bits per heavy atom. The Labute approximate surface area is 97.2 Å². The summed E-state index contributed by atoms with van der Waals surface area (Å²) in [5, 5.41) is 8.91. The van der Waals surface area contributed by atoms with Crippen molar-refractivity contribution >= 4 is 5.97 Å². The van der Waals surface area contributed by atoms with Crippen molar-refractivity contribution in [2.75, 3.05) is 19.7 Å². The van der Waals surface area contributed by atoms with E-state index in [2.05, 4.69) is 11.0 Å². The second-order valence-corrected chi connectivity index (χ2v) is 4.14. The zero-order chi connectivity index (χ0) is 12.0. The van der Waals surface area contributed by atoms with Gasteiger partial charge in [0.1, 0.15) is 6.04 Å². The Morgan fingerprint density at radius 3 is 2.94 bits per heavy atom. The van der Waals surface area contributed by atoms with Crippen LogP contribution >= 0.6 is 0 Å². The van der Waals surface area contributed by atoms with Gasteiger partial charge in [-0.25, -0.2) is 0 Å². The molecule has 16 heavy (non-hydrogen) atoms. The normalized spacial score (nSPS) is 23.4. The number of esters is 1. The number of nitriles is 1. The third kappa shape index (κ3) is 3.21. The number of nitrogens with zero attached hydrogens (tertiary/aromatic N) is 2. The Bertz CT molecular complexity index is 273. The summed E-state index contributed by atoms with van der Waals surface area (Å²) in [4.78, 5) is 13.8. The van der Waals surface area contributed by atoms with E-state index in [0.717, 1.165) is 25.8 Å². The van der Waals surface area contributed by atoms with E-state index in [-0.39, 0.29) is 17.9 Å². The molecular weight excluding hydrogens is 204 g/mol. The molecule has 0 N–H and O–H groups in total. The first-order valence-corrected chi connectivity index (χ1v) is 6.03. The van der Waals surface area contributed by atoms with Gasteiger partial charge < -0.3 is 4.74 Å². The fraction of sp³-hybridized carbons (Fsp3) is 0.833. The van der Waals surface area contributed by atoms with E-state index < -0.39 is 0 Å². The largest absolute Gasteiger partial charge is 0.465 e. The van der Waals surface area contributed by atoms with Crippen LogP contribution in [0, 0.1) is 17.2 Å². The lowest BCUT2D eigenvalue weighted by Crippen LogP contribution is -2.46. The maximum atomic E-state index is 11.7. The van der Waals surface area contributed by atoms with Crippen LogP contribution in [0.2, 0.25) is 0 Å². The van der Waals surface area contributed by atoms with Gasteiger partial charge in [0.05, 0.1) is 18.6 Å². The Balaban J connectivity index is 2.58. The highest BCUT2D eigenvalue weighted by Crippen LogP contribution is 2.19. The van der Waals surface area contributed by atoms with E-state index in [1.165, 1.54) is 0 Å². The Hall–Kier alpha value is -1.08. The Kier molecular flexibility index (Phi) is 5.27.